The molecule has 0 bridgehead atoms. The second kappa shape index (κ2) is 41.3. The minimum absolute atomic E-state index is 0.0401. The fourth-order valence-corrected chi connectivity index (χ4v) is 23.0. The van der Waals surface area contributed by atoms with Crippen LogP contribution in [0.4, 0.5) is 0 Å². The zero-order chi connectivity index (χ0) is 98.0. The molecule has 19 rings (SSSR count). The monoisotopic (exact) mass is 1970 g/mol. The molecule has 30 nitrogen and oxygen atoms in total. The molecule has 0 spiro atoms. The molecule has 0 heterocycles. The number of rotatable bonds is 13. The molecule has 0 radical (unpaired) electrons. The van der Waals surface area contributed by atoms with Crippen LogP contribution >= 0.6 is 0 Å². The third kappa shape index (κ3) is 23.5. The molecule has 0 fully saturated rings. The van der Waals surface area contributed by atoms with Crippen LogP contribution in [-0.2, 0) is 93.8 Å². The Morgan fingerprint density at radius 3 is 0.794 bits per heavy atom. The van der Waals surface area contributed by atoms with Gasteiger partial charge < -0.3 is 25.1 Å². The molecule has 0 aliphatic heterocycles. The Morgan fingerprint density at radius 2 is 0.478 bits per heavy atom. The molecule has 0 amide bonds. The van der Waals surface area contributed by atoms with Gasteiger partial charge in [-0.05, 0) is 341 Å². The molecule has 11 aliphatic carbocycles. The van der Waals surface area contributed by atoms with Crippen LogP contribution in [0.3, 0.4) is 0 Å². The number of hydrogen-bond acceptors (Lipinski definition) is 24. The summed E-state index contributed by atoms with van der Waals surface area (Å²) in [5.41, 5.74) is 25.0. The minimum Gasteiger partial charge on any atom is -0.371 e. The Labute approximate surface area is 795 Å². The van der Waals surface area contributed by atoms with Gasteiger partial charge in [0.05, 0.1) is 0 Å². The van der Waals surface area contributed by atoms with Gasteiger partial charge in [-0.1, -0.05) is 146 Å². The first-order valence-corrected chi connectivity index (χ1v) is 54.6. The lowest BCUT2D eigenvalue weighted by atomic mass is 9.73. The van der Waals surface area contributed by atoms with Crippen molar-refractivity contribution in [2.24, 2.45) is 30.8 Å². The summed E-state index contributed by atoms with van der Waals surface area (Å²) in [7, 11) is -24.4. The second-order valence-corrected chi connectivity index (χ2v) is 42.9. The third-order valence-electron chi connectivity index (χ3n) is 27.0. The molecule has 6 unspecified atom stereocenters. The Hall–Kier alpha value is -11.0. The lowest BCUT2D eigenvalue weighted by Crippen LogP contribution is -2.23. The predicted octanol–water partition coefficient (Wildman–Crippen LogP) is 16.8. The van der Waals surface area contributed by atoms with Crippen molar-refractivity contribution in [3.05, 3.63) is 246 Å². The van der Waals surface area contributed by atoms with Crippen LogP contribution in [0, 0.1) is 0 Å². The Balaban J connectivity index is 0.000000131. The number of carbonyl (C=O) groups is 6. The quantitative estimate of drug-likeness (QED) is 0.0624. The number of fused-ring (bicyclic) bond motifs is 16. The lowest BCUT2D eigenvalue weighted by molar-refractivity contribution is -0.117. The molecule has 0 aromatic heterocycles. The van der Waals surface area contributed by atoms with E-state index in [1.165, 1.54) is 36.8 Å². The molecule has 36 heteroatoms. The van der Waals surface area contributed by atoms with Crippen molar-refractivity contribution in [1.29, 1.82) is 0 Å². The molecule has 8 aromatic carbocycles. The van der Waals surface area contributed by atoms with Gasteiger partial charge in [0.15, 0.2) is 34.7 Å². The van der Waals surface area contributed by atoms with E-state index in [1.54, 1.807) is 78.9 Å². The van der Waals surface area contributed by atoms with Crippen LogP contribution in [0.15, 0.2) is 168 Å². The third-order valence-corrected chi connectivity index (χ3v) is 29.5. The van der Waals surface area contributed by atoms with Gasteiger partial charge in [-0.3, -0.25) is 28.8 Å². The minimum atomic E-state index is -4.09. The van der Waals surface area contributed by atoms with E-state index in [4.69, 9.17) is 55.9 Å². The van der Waals surface area contributed by atoms with Gasteiger partial charge >= 0.3 is 61.8 Å². The van der Waals surface area contributed by atoms with Crippen molar-refractivity contribution < 1.29 is 104 Å². The molecule has 0 saturated carbocycles. The summed E-state index contributed by atoms with van der Waals surface area (Å²) in [5, 5.41) is 29.5. The maximum atomic E-state index is 13.1. The number of ketones is 6. The lowest BCUT2D eigenvalue weighted by Gasteiger charge is -2.30. The zero-order valence-electron chi connectivity index (χ0n) is 76.4. The van der Waals surface area contributed by atoms with Gasteiger partial charge in [0.1, 0.15) is 34.5 Å². The first kappa shape index (κ1) is 101. The van der Waals surface area contributed by atoms with E-state index in [0.717, 1.165) is 263 Å². The van der Waals surface area contributed by atoms with E-state index in [2.05, 4.69) is 6.07 Å². The molecular formula is C100H112N6O24S6. The van der Waals surface area contributed by atoms with Crippen molar-refractivity contribution in [2.75, 3.05) is 0 Å². The summed E-state index contributed by atoms with van der Waals surface area (Å²) < 4.78 is 162. The largest absolute Gasteiger partial charge is 0.380 e. The molecule has 6 atom stereocenters. The number of Topliss-reactive ketones (excluding diaryl/α,β-unsaturated/α-hetero) is 6. The number of benzene rings is 8. The smallest absolute Gasteiger partial charge is 0.371 e. The van der Waals surface area contributed by atoms with Crippen LogP contribution in [-0.4, -0.2) is 85.2 Å². The van der Waals surface area contributed by atoms with Crippen LogP contribution in [0.25, 0.3) is 44.5 Å². The normalized spacial score (nSPS) is 20.6. The Kier molecular flexibility index (Phi) is 30.7. The van der Waals surface area contributed by atoms with Gasteiger partial charge in [0.2, 0.25) is 0 Å². The second-order valence-electron chi connectivity index (χ2n) is 36.0. The summed E-state index contributed by atoms with van der Waals surface area (Å²) >= 11 is 0. The highest BCUT2D eigenvalue weighted by molar-refractivity contribution is 7.86. The molecule has 136 heavy (non-hydrogen) atoms. The Bertz CT molecular complexity index is 6950. The highest BCUT2D eigenvalue weighted by atomic mass is 32.3. The average molecular weight is 1970 g/mol. The summed E-state index contributed by atoms with van der Waals surface area (Å²) in [6, 6.07) is 41.7. The fourth-order valence-electron chi connectivity index (χ4n) is 20.8. The van der Waals surface area contributed by atoms with E-state index in [-0.39, 0.29) is 105 Å². The van der Waals surface area contributed by atoms with Crippen LogP contribution in [0.5, 0.6) is 34.5 Å². The first-order valence-electron chi connectivity index (χ1n) is 45.8. The average Bonchev–Trinajstić information content (AvgIpc) is 0.850. The van der Waals surface area contributed by atoms with E-state index in [9.17, 15) is 79.3 Å². The van der Waals surface area contributed by atoms with Crippen LogP contribution in [0.2, 0.25) is 0 Å². The molecular weight excluding hydrogens is 1860 g/mol. The summed E-state index contributed by atoms with van der Waals surface area (Å²) in [6.45, 7) is 11.2. The Morgan fingerprint density at radius 1 is 0.243 bits per heavy atom. The number of nitrogens with two attached hydrogens (primary N) is 6. The van der Waals surface area contributed by atoms with Gasteiger partial charge in [-0.2, -0.15) is 81.3 Å². The summed E-state index contributed by atoms with van der Waals surface area (Å²) in [5.74, 6) is -0.200. The molecule has 12 N–H and O–H groups in total. The van der Waals surface area contributed by atoms with Gasteiger partial charge in [-0.25, -0.2) is 0 Å². The van der Waals surface area contributed by atoms with Crippen molar-refractivity contribution in [2.45, 2.75) is 244 Å². The topological polar surface area (TPSA) is 519 Å². The van der Waals surface area contributed by atoms with Gasteiger partial charge in [0, 0.05) is 46.6 Å². The number of aryl methyl sites for hydroxylation is 1. The van der Waals surface area contributed by atoms with Crippen LogP contribution in [0.1, 0.15) is 319 Å². The van der Waals surface area contributed by atoms with Crippen molar-refractivity contribution in [3.63, 3.8) is 0 Å². The summed E-state index contributed by atoms with van der Waals surface area (Å²) in [4.78, 5) is 76.3. The van der Waals surface area contributed by atoms with E-state index in [0.29, 0.717) is 12.0 Å². The molecule has 0 saturated heterocycles. The molecule has 11 aliphatic rings. The van der Waals surface area contributed by atoms with Gasteiger partial charge in [0.25, 0.3) is 0 Å². The fraction of sp³-hybridized carbons (Fsp3) is 0.380. The van der Waals surface area contributed by atoms with E-state index < -0.39 is 61.8 Å². The van der Waals surface area contributed by atoms with Gasteiger partial charge in [-0.15, -0.1) is 0 Å². The van der Waals surface area contributed by atoms with Crippen molar-refractivity contribution in [1.82, 2.24) is 0 Å². The summed E-state index contributed by atoms with van der Waals surface area (Å²) in [6.07, 6.45) is 26.2. The molecule has 8 aromatic rings. The van der Waals surface area contributed by atoms with E-state index in [1.807, 2.05) is 102 Å². The van der Waals surface area contributed by atoms with Crippen molar-refractivity contribution in [3.8, 4) is 56.8 Å². The zero-order valence-corrected chi connectivity index (χ0v) is 81.3. The SMILES string of the molecule is CC1C(=O)C2=C(CCCC2)c2ccc(OS(N)(=O)=O)cc21.CC1C(=O)C2=C(CCCCC2)c2ccc(OS(N)(=O)=O)cc21.CC1C(=O)C2=C(CCCCC2)c2ccc(OS(N)(=O)=O)cc21.CC1C(=O)C2=C(CCCCCCC2)c2ccc(OS(N)(=O)=O)cc21.CC1C(=O)c2c(ccc3c2CCCC3)-c2ccc(OS(N)(=O)=O)cc21.CCC1C(=O)c2ccccc2-c2ccc(OS(N)(=O)=O)cc21. The predicted molar refractivity (Wildman–Crippen MR) is 517 cm³/mol. The first-order chi connectivity index (χ1) is 64.2. The number of hydrogen-bond donors (Lipinski definition) is 6. The van der Waals surface area contributed by atoms with Crippen LogP contribution < -0.4 is 55.9 Å². The maximum Gasteiger partial charge on any atom is 0.380 e. The molecule has 722 valence electrons. The standard InChI is InChI=1S/C19H19NO4S.C18H23NO4S.2C16H19NO4S.C16H15NO4S.C15H17NO4S/c1-11-17-10-13(24-25(20,22)23)7-9-15(17)16-8-6-12-4-2-3-5-14(12)18(16)19(11)21;1-12-17-11-13(23-24(19,21)22)9-10-15(17)14-7-5-3-2-4-6-8-16(14)18(12)20;2*1-10-15-9-11(21-22(17,19)20)7-8-13(15)12-5-3-2-4-6-14(12)16(10)18;1-2-11-15-9-10(21-22(17,19)20)7-8-13(15)12-5-3-4-6-14(12)16(11)18;1-9-14-8-10(20-21(16,18)19)6-7-12(14)11-4-2-3-5-13(11)15(9)17/h6-11H,2-5H2,1H3,(H2,20,22,23);9-12H,2-8H2,1H3,(H2,19,21,22);2*7-10H,2-6H2,1H3,(H2,17,19,20);3-9,11H,2H2,1H3,(H2,17,19,20);6-9H,2-5H2,1H3,(H2,16,18,19). The number of allylic oxidation sites excluding steroid dienone is 8. The highest BCUT2D eigenvalue weighted by Gasteiger charge is 2.40. The van der Waals surface area contributed by atoms with E-state index >= 15 is 0 Å². The highest BCUT2D eigenvalue weighted by Crippen LogP contribution is 2.51. The maximum absolute atomic E-state index is 13.1. The van der Waals surface area contributed by atoms with Crippen molar-refractivity contribution >= 4 is 119 Å². The number of carbonyl (C=O) groups excluding carboxylic acids is 6.